The molecule has 2 heterocycles. The van der Waals surface area contributed by atoms with Crippen LogP contribution in [0.15, 0.2) is 108 Å². The third kappa shape index (κ3) is 5.21. The molecule has 2 aromatic heterocycles. The van der Waals surface area contributed by atoms with Gasteiger partial charge in [-0.3, -0.25) is 14.5 Å². The number of fused-ring (bicyclic) bond motifs is 1. The molecule has 0 atom stereocenters. The number of sulfonamides is 1. The molecule has 3 N–H and O–H groups in total. The van der Waals surface area contributed by atoms with Crippen molar-refractivity contribution in [2.45, 2.75) is 11.4 Å². The number of aromatic amines is 1. The van der Waals surface area contributed by atoms with E-state index in [1.54, 1.807) is 73.1 Å². The molecule has 3 aromatic carbocycles. The van der Waals surface area contributed by atoms with Gasteiger partial charge in [0.2, 0.25) is 0 Å². The summed E-state index contributed by atoms with van der Waals surface area (Å²) < 4.78 is 34.5. The summed E-state index contributed by atoms with van der Waals surface area (Å²) >= 11 is 0. The molecule has 1 amide bonds. The summed E-state index contributed by atoms with van der Waals surface area (Å²) in [5.41, 5.74) is 2.34. The lowest BCUT2D eigenvalue weighted by Crippen LogP contribution is -2.23. The topological polar surface area (TPSA) is 113 Å². The van der Waals surface area contributed by atoms with Crippen LogP contribution in [0.2, 0.25) is 0 Å². The molecular formula is C27H22N4O4S. The van der Waals surface area contributed by atoms with E-state index in [-0.39, 0.29) is 17.3 Å². The Balaban J connectivity index is 1.25. The first-order chi connectivity index (χ1) is 17.5. The second-order valence-electron chi connectivity index (χ2n) is 7.99. The molecule has 0 saturated heterocycles. The number of anilines is 1. The van der Waals surface area contributed by atoms with E-state index in [0.717, 1.165) is 16.5 Å². The molecule has 180 valence electrons. The Bertz CT molecular complexity index is 1580. The first-order valence-electron chi connectivity index (χ1n) is 11.1. The SMILES string of the molecule is O=C(NCc1ccc(S(=O)(=O)Nc2ccccc2Oc2ccccc2)cc1)c1cc2cnccc2[nH]1. The number of nitrogens with zero attached hydrogens (tertiary/aromatic N) is 1. The molecule has 0 aliphatic carbocycles. The zero-order valence-corrected chi connectivity index (χ0v) is 19.8. The fourth-order valence-electron chi connectivity index (χ4n) is 3.62. The van der Waals surface area contributed by atoms with Crippen molar-refractivity contribution in [1.29, 1.82) is 0 Å². The smallest absolute Gasteiger partial charge is 0.267 e. The molecule has 9 heteroatoms. The van der Waals surface area contributed by atoms with Crippen LogP contribution >= 0.6 is 0 Å². The van der Waals surface area contributed by atoms with E-state index in [9.17, 15) is 13.2 Å². The number of nitrogens with one attached hydrogen (secondary N) is 3. The first kappa shape index (κ1) is 23.1. The monoisotopic (exact) mass is 498 g/mol. The summed E-state index contributed by atoms with van der Waals surface area (Å²) in [6, 6.07) is 25.8. The number of hydrogen-bond acceptors (Lipinski definition) is 5. The Kier molecular flexibility index (Phi) is 6.38. The Hall–Kier alpha value is -4.63. The van der Waals surface area contributed by atoms with Gasteiger partial charge in [-0.15, -0.1) is 0 Å². The predicted octanol–water partition coefficient (Wildman–Crippen LogP) is 5.09. The molecule has 8 nitrogen and oxygen atoms in total. The summed E-state index contributed by atoms with van der Waals surface area (Å²) in [5.74, 6) is 0.721. The zero-order chi connectivity index (χ0) is 25.0. The van der Waals surface area contributed by atoms with Crippen molar-refractivity contribution in [3.8, 4) is 11.5 Å². The number of aromatic nitrogens is 2. The Morgan fingerprint density at radius 3 is 2.44 bits per heavy atom. The summed E-state index contributed by atoms with van der Waals surface area (Å²) in [4.78, 5) is 19.7. The molecular weight excluding hydrogens is 476 g/mol. The lowest BCUT2D eigenvalue weighted by molar-refractivity contribution is 0.0946. The Morgan fingerprint density at radius 2 is 1.67 bits per heavy atom. The number of pyridine rings is 1. The molecule has 0 spiro atoms. The fourth-order valence-corrected chi connectivity index (χ4v) is 4.69. The number of amides is 1. The maximum atomic E-state index is 13.0. The number of carbonyl (C=O) groups excluding carboxylic acids is 1. The van der Waals surface area contributed by atoms with Gasteiger partial charge < -0.3 is 15.0 Å². The molecule has 36 heavy (non-hydrogen) atoms. The van der Waals surface area contributed by atoms with Crippen LogP contribution < -0.4 is 14.8 Å². The number of rotatable bonds is 8. The average Bonchev–Trinajstić information content (AvgIpc) is 3.34. The first-order valence-corrected chi connectivity index (χ1v) is 12.6. The van der Waals surface area contributed by atoms with Crippen LogP contribution in [0.5, 0.6) is 11.5 Å². The standard InChI is InChI=1S/C27H22N4O4S/c32-27(25-16-20-18-28-15-14-23(20)30-25)29-17-19-10-12-22(13-11-19)36(33,34)31-24-8-4-5-9-26(24)35-21-6-2-1-3-7-21/h1-16,18,30-31H,17H2,(H,29,32). The van der Waals surface area contributed by atoms with E-state index < -0.39 is 10.0 Å². The lowest BCUT2D eigenvalue weighted by Gasteiger charge is -2.13. The average molecular weight is 499 g/mol. The fraction of sp³-hybridized carbons (Fsp3) is 0.0370. The number of ether oxygens (including phenoxy) is 1. The van der Waals surface area contributed by atoms with Crippen LogP contribution in [-0.2, 0) is 16.6 Å². The number of carbonyl (C=O) groups is 1. The van der Waals surface area contributed by atoms with E-state index in [2.05, 4.69) is 20.0 Å². The van der Waals surface area contributed by atoms with Gasteiger partial charge in [0.05, 0.1) is 10.6 Å². The van der Waals surface area contributed by atoms with Crippen LogP contribution in [-0.4, -0.2) is 24.3 Å². The normalized spacial score (nSPS) is 11.2. The highest BCUT2D eigenvalue weighted by atomic mass is 32.2. The van der Waals surface area contributed by atoms with Crippen LogP contribution in [0.25, 0.3) is 10.9 Å². The van der Waals surface area contributed by atoms with Crippen molar-refractivity contribution in [2.24, 2.45) is 0 Å². The molecule has 0 saturated carbocycles. The molecule has 0 radical (unpaired) electrons. The van der Waals surface area contributed by atoms with E-state index in [4.69, 9.17) is 4.74 Å². The predicted molar refractivity (Wildman–Crippen MR) is 137 cm³/mol. The van der Waals surface area contributed by atoms with Crippen LogP contribution in [0.1, 0.15) is 16.1 Å². The maximum Gasteiger partial charge on any atom is 0.267 e. The molecule has 0 aliphatic rings. The molecule has 0 aliphatic heterocycles. The van der Waals surface area contributed by atoms with Crippen molar-refractivity contribution in [1.82, 2.24) is 15.3 Å². The van der Waals surface area contributed by atoms with Gasteiger partial charge in [0.25, 0.3) is 15.9 Å². The maximum absolute atomic E-state index is 13.0. The summed E-state index contributed by atoms with van der Waals surface area (Å²) in [7, 11) is -3.86. The van der Waals surface area contributed by atoms with Gasteiger partial charge in [-0.2, -0.15) is 0 Å². The van der Waals surface area contributed by atoms with E-state index in [1.807, 2.05) is 18.2 Å². The van der Waals surface area contributed by atoms with Gasteiger partial charge in [0.1, 0.15) is 11.4 Å². The Labute approximate surface area is 208 Å². The summed E-state index contributed by atoms with van der Waals surface area (Å²) in [6.45, 7) is 0.244. The van der Waals surface area contributed by atoms with E-state index in [0.29, 0.717) is 22.9 Å². The Morgan fingerprint density at radius 1 is 0.917 bits per heavy atom. The van der Waals surface area contributed by atoms with E-state index in [1.165, 1.54) is 12.1 Å². The summed E-state index contributed by atoms with van der Waals surface area (Å²) in [5, 5.41) is 3.68. The van der Waals surface area contributed by atoms with Gasteiger partial charge in [-0.05, 0) is 54.1 Å². The quantitative estimate of drug-likeness (QED) is 0.276. The zero-order valence-electron chi connectivity index (χ0n) is 19.0. The summed E-state index contributed by atoms with van der Waals surface area (Å²) in [6.07, 6.45) is 3.34. The van der Waals surface area contributed by atoms with E-state index >= 15 is 0 Å². The van der Waals surface area contributed by atoms with Crippen LogP contribution in [0.3, 0.4) is 0 Å². The van der Waals surface area contributed by atoms with Crippen molar-refractivity contribution in [3.63, 3.8) is 0 Å². The molecule has 0 bridgehead atoms. The number of para-hydroxylation sites is 3. The highest BCUT2D eigenvalue weighted by Gasteiger charge is 2.17. The molecule has 0 unspecified atom stereocenters. The minimum atomic E-state index is -3.86. The van der Waals surface area contributed by atoms with Gasteiger partial charge in [0, 0.05) is 29.8 Å². The number of hydrogen-bond donors (Lipinski definition) is 3. The van der Waals surface area contributed by atoms with Crippen molar-refractivity contribution < 1.29 is 17.9 Å². The lowest BCUT2D eigenvalue weighted by atomic mass is 10.2. The van der Waals surface area contributed by atoms with Crippen molar-refractivity contribution in [2.75, 3.05) is 4.72 Å². The third-order valence-electron chi connectivity index (χ3n) is 5.45. The van der Waals surface area contributed by atoms with Gasteiger partial charge >= 0.3 is 0 Å². The number of benzene rings is 3. The number of H-pyrrole nitrogens is 1. The van der Waals surface area contributed by atoms with Crippen molar-refractivity contribution in [3.05, 3.63) is 115 Å². The third-order valence-corrected chi connectivity index (χ3v) is 6.84. The molecule has 5 aromatic rings. The highest BCUT2D eigenvalue weighted by Crippen LogP contribution is 2.31. The second-order valence-corrected chi connectivity index (χ2v) is 9.67. The van der Waals surface area contributed by atoms with Gasteiger partial charge in [-0.1, -0.05) is 42.5 Å². The minimum Gasteiger partial charge on any atom is -0.455 e. The van der Waals surface area contributed by atoms with Crippen LogP contribution in [0.4, 0.5) is 5.69 Å². The van der Waals surface area contributed by atoms with Crippen molar-refractivity contribution >= 4 is 32.5 Å². The molecule has 5 rings (SSSR count). The largest absolute Gasteiger partial charge is 0.455 e. The van der Waals surface area contributed by atoms with Gasteiger partial charge in [0.15, 0.2) is 5.75 Å². The van der Waals surface area contributed by atoms with Gasteiger partial charge in [-0.25, -0.2) is 8.42 Å². The van der Waals surface area contributed by atoms with Crippen LogP contribution in [0, 0.1) is 0 Å². The minimum absolute atomic E-state index is 0.0928. The second kappa shape index (κ2) is 9.93. The highest BCUT2D eigenvalue weighted by molar-refractivity contribution is 7.92. The molecule has 0 fully saturated rings.